The minimum atomic E-state index is -3.21. The van der Waals surface area contributed by atoms with Crippen molar-refractivity contribution in [1.29, 1.82) is 0 Å². The molecule has 4 rings (SSSR count). The number of sulfonamides is 1. The highest BCUT2D eigenvalue weighted by atomic mass is 32.2. The number of fused-ring (bicyclic) bond motifs is 1. The van der Waals surface area contributed by atoms with E-state index >= 15 is 0 Å². The lowest BCUT2D eigenvalue weighted by Crippen LogP contribution is -2.41. The first kappa shape index (κ1) is 15.1. The third-order valence-electron chi connectivity index (χ3n) is 5.11. The van der Waals surface area contributed by atoms with Crippen LogP contribution in [0, 0.1) is 6.92 Å². The van der Waals surface area contributed by atoms with Gasteiger partial charge in [0.15, 0.2) is 0 Å². The van der Waals surface area contributed by atoms with E-state index < -0.39 is 10.0 Å². The van der Waals surface area contributed by atoms with Gasteiger partial charge in [-0.15, -0.1) is 0 Å². The van der Waals surface area contributed by atoms with E-state index in [1.165, 1.54) is 0 Å². The lowest BCUT2D eigenvalue weighted by Gasteiger charge is -2.25. The smallest absolute Gasteiger partial charge is 0.224 e. The lowest BCUT2D eigenvalue weighted by atomic mass is 10.1. The first-order chi connectivity index (χ1) is 11.0. The summed E-state index contributed by atoms with van der Waals surface area (Å²) in [5.41, 5.74) is 1.79. The molecule has 2 aliphatic heterocycles. The Morgan fingerprint density at radius 3 is 2.70 bits per heavy atom. The van der Waals surface area contributed by atoms with Crippen LogP contribution in [0.4, 0.5) is 0 Å². The number of aryl methyl sites for hydroxylation is 1. The number of nitrogens with zero attached hydrogens (tertiary/aromatic N) is 3. The van der Waals surface area contributed by atoms with E-state index in [1.807, 2.05) is 30.0 Å². The molecule has 0 radical (unpaired) electrons. The van der Waals surface area contributed by atoms with Gasteiger partial charge < -0.3 is 4.90 Å². The van der Waals surface area contributed by atoms with Crippen LogP contribution >= 0.6 is 0 Å². The Morgan fingerprint density at radius 1 is 1.22 bits per heavy atom. The number of carbonyl (C=O) groups is 1. The van der Waals surface area contributed by atoms with E-state index in [9.17, 15) is 13.2 Å². The van der Waals surface area contributed by atoms with Crippen LogP contribution in [0.5, 0.6) is 0 Å². The molecule has 0 N–H and O–H groups in total. The third-order valence-corrected chi connectivity index (χ3v) is 7.54. The predicted molar refractivity (Wildman–Crippen MR) is 85.0 cm³/mol. The fourth-order valence-electron chi connectivity index (χ4n) is 3.83. The Hall–Kier alpha value is -1.47. The monoisotopic (exact) mass is 335 g/mol. The molecular formula is C16H21N3O3S. The first-order valence-electron chi connectivity index (χ1n) is 8.19. The zero-order chi connectivity index (χ0) is 16.2. The fraction of sp³-hybridized carbons (Fsp3) is 0.625. The highest BCUT2D eigenvalue weighted by Gasteiger charge is 2.53. The summed E-state index contributed by atoms with van der Waals surface area (Å²) >= 11 is 0. The highest BCUT2D eigenvalue weighted by Crippen LogP contribution is 2.40. The van der Waals surface area contributed by atoms with Crippen molar-refractivity contribution in [3.63, 3.8) is 0 Å². The molecule has 2 atom stereocenters. The molecule has 7 heteroatoms. The van der Waals surface area contributed by atoms with Crippen LogP contribution < -0.4 is 0 Å². The normalized spacial score (nSPS) is 28.4. The molecule has 124 valence electrons. The lowest BCUT2D eigenvalue weighted by molar-refractivity contribution is -0.129. The topological polar surface area (TPSA) is 70.6 Å². The van der Waals surface area contributed by atoms with Gasteiger partial charge >= 0.3 is 0 Å². The van der Waals surface area contributed by atoms with Gasteiger partial charge in [0, 0.05) is 18.7 Å². The second-order valence-electron chi connectivity index (χ2n) is 6.77. The van der Waals surface area contributed by atoms with Crippen LogP contribution in [0.2, 0.25) is 0 Å². The molecule has 3 aliphatic rings. The number of rotatable bonds is 4. The van der Waals surface area contributed by atoms with E-state index in [0.29, 0.717) is 19.5 Å². The number of carbonyl (C=O) groups excluding carboxylic acids is 1. The van der Waals surface area contributed by atoms with Crippen molar-refractivity contribution in [2.45, 2.75) is 56.5 Å². The number of likely N-dealkylation sites (tertiary alicyclic amines) is 1. The largest absolute Gasteiger partial charge is 0.332 e. The summed E-state index contributed by atoms with van der Waals surface area (Å²) in [6.07, 6.45) is 2.57. The molecule has 3 fully saturated rings. The standard InChI is InChI=1S/C16H21N3O3S/c1-11-3-2-4-12(17-11)10-18-14-7-8-19(15(14)9-16(18)20)23(21,22)13-5-6-13/h2-4,13-15H,5-10H2,1H3. The molecule has 1 saturated carbocycles. The Bertz CT molecular complexity index is 745. The maximum absolute atomic E-state index is 12.5. The van der Waals surface area contributed by atoms with Crippen molar-refractivity contribution in [2.24, 2.45) is 0 Å². The summed E-state index contributed by atoms with van der Waals surface area (Å²) in [5.74, 6) is 0.0407. The molecule has 23 heavy (non-hydrogen) atoms. The van der Waals surface area contributed by atoms with E-state index in [1.54, 1.807) is 4.31 Å². The summed E-state index contributed by atoms with van der Waals surface area (Å²) in [4.78, 5) is 18.7. The molecule has 2 unspecified atom stereocenters. The molecule has 0 bridgehead atoms. The molecular weight excluding hydrogens is 314 g/mol. The Labute approximate surface area is 136 Å². The molecule has 3 heterocycles. The molecule has 1 aromatic rings. The van der Waals surface area contributed by atoms with Crippen LogP contribution in [-0.2, 0) is 21.4 Å². The molecule has 0 aromatic carbocycles. The number of aromatic nitrogens is 1. The van der Waals surface area contributed by atoms with Crippen LogP contribution in [0.1, 0.15) is 37.1 Å². The quantitative estimate of drug-likeness (QED) is 0.825. The molecule has 0 spiro atoms. The molecule has 1 aromatic heterocycles. The average Bonchev–Trinajstić information content (AvgIpc) is 3.21. The van der Waals surface area contributed by atoms with Gasteiger partial charge in [-0.1, -0.05) is 6.07 Å². The van der Waals surface area contributed by atoms with Gasteiger partial charge in [0.1, 0.15) is 0 Å². The van der Waals surface area contributed by atoms with Crippen LogP contribution in [-0.4, -0.2) is 52.4 Å². The number of hydrogen-bond donors (Lipinski definition) is 0. The average molecular weight is 335 g/mol. The molecule has 1 aliphatic carbocycles. The zero-order valence-electron chi connectivity index (χ0n) is 13.2. The third kappa shape index (κ3) is 2.55. The van der Waals surface area contributed by atoms with Gasteiger partial charge in [0.2, 0.25) is 15.9 Å². The fourth-order valence-corrected chi connectivity index (χ4v) is 5.90. The van der Waals surface area contributed by atoms with Gasteiger partial charge in [0.25, 0.3) is 0 Å². The summed E-state index contributed by atoms with van der Waals surface area (Å²) in [6.45, 7) is 2.94. The van der Waals surface area contributed by atoms with Crippen molar-refractivity contribution in [3.8, 4) is 0 Å². The van der Waals surface area contributed by atoms with Crippen molar-refractivity contribution in [3.05, 3.63) is 29.6 Å². The maximum atomic E-state index is 12.5. The van der Waals surface area contributed by atoms with Crippen molar-refractivity contribution in [1.82, 2.24) is 14.2 Å². The zero-order valence-corrected chi connectivity index (χ0v) is 14.0. The van der Waals surface area contributed by atoms with E-state index in [0.717, 1.165) is 30.7 Å². The van der Waals surface area contributed by atoms with E-state index in [4.69, 9.17) is 0 Å². The Balaban J connectivity index is 1.54. The van der Waals surface area contributed by atoms with Gasteiger partial charge in [-0.05, 0) is 38.3 Å². The Kier molecular flexibility index (Phi) is 3.46. The van der Waals surface area contributed by atoms with Crippen molar-refractivity contribution < 1.29 is 13.2 Å². The molecule has 2 saturated heterocycles. The van der Waals surface area contributed by atoms with E-state index in [-0.39, 0.29) is 23.2 Å². The van der Waals surface area contributed by atoms with Crippen LogP contribution in [0.15, 0.2) is 18.2 Å². The minimum absolute atomic E-state index is 0.00154. The van der Waals surface area contributed by atoms with Gasteiger partial charge in [-0.3, -0.25) is 9.78 Å². The predicted octanol–water partition coefficient (Wildman–Crippen LogP) is 1.06. The van der Waals surface area contributed by atoms with Gasteiger partial charge in [-0.2, -0.15) is 4.31 Å². The minimum Gasteiger partial charge on any atom is -0.332 e. The van der Waals surface area contributed by atoms with Crippen molar-refractivity contribution >= 4 is 15.9 Å². The summed E-state index contributed by atoms with van der Waals surface area (Å²) < 4.78 is 26.7. The molecule has 1 amide bonds. The van der Waals surface area contributed by atoms with Gasteiger partial charge in [-0.25, -0.2) is 8.42 Å². The second kappa shape index (κ2) is 5.27. The number of amides is 1. The van der Waals surface area contributed by atoms with Crippen LogP contribution in [0.25, 0.3) is 0 Å². The van der Waals surface area contributed by atoms with E-state index in [2.05, 4.69) is 4.98 Å². The van der Waals surface area contributed by atoms with Crippen molar-refractivity contribution in [2.75, 3.05) is 6.54 Å². The summed E-state index contributed by atoms with van der Waals surface area (Å²) in [7, 11) is -3.21. The number of pyridine rings is 1. The summed E-state index contributed by atoms with van der Waals surface area (Å²) in [5, 5.41) is -0.205. The maximum Gasteiger partial charge on any atom is 0.224 e. The van der Waals surface area contributed by atoms with Gasteiger partial charge in [0.05, 0.1) is 29.6 Å². The number of hydrogen-bond acceptors (Lipinski definition) is 4. The molecule has 6 nitrogen and oxygen atoms in total. The Morgan fingerprint density at radius 2 is 2.00 bits per heavy atom. The SMILES string of the molecule is Cc1cccc(CN2C(=O)CC3C2CCN3S(=O)(=O)C2CC2)n1. The first-order valence-corrected chi connectivity index (χ1v) is 9.70. The highest BCUT2D eigenvalue weighted by molar-refractivity contribution is 7.90. The van der Waals surface area contributed by atoms with Crippen LogP contribution in [0.3, 0.4) is 0 Å². The second-order valence-corrected chi connectivity index (χ2v) is 8.94. The summed E-state index contributed by atoms with van der Waals surface area (Å²) in [6, 6.07) is 5.60.